The molecule has 0 aromatic heterocycles. The summed E-state index contributed by atoms with van der Waals surface area (Å²) in [6, 6.07) is 9.91. The molecular formula is C13H14O2. The number of carbonyl (C=O) groups excluding carboxylic acids is 1. The highest BCUT2D eigenvalue weighted by atomic mass is 16.5. The van der Waals surface area contributed by atoms with Crippen LogP contribution < -0.4 is 0 Å². The number of esters is 1. The van der Waals surface area contributed by atoms with Crippen LogP contribution in [-0.2, 0) is 9.53 Å². The summed E-state index contributed by atoms with van der Waals surface area (Å²) in [5.74, 6) is -0.329. The van der Waals surface area contributed by atoms with Gasteiger partial charge in [0.2, 0.25) is 0 Å². The Morgan fingerprint density at radius 1 is 1.27 bits per heavy atom. The van der Waals surface area contributed by atoms with Crippen molar-refractivity contribution in [3.8, 4) is 0 Å². The summed E-state index contributed by atoms with van der Waals surface area (Å²) in [6.07, 6.45) is 5.29. The van der Waals surface area contributed by atoms with Gasteiger partial charge in [0.25, 0.3) is 0 Å². The Labute approximate surface area is 89.9 Å². The Bertz CT molecular complexity index is 375. The Morgan fingerprint density at radius 2 is 1.93 bits per heavy atom. The van der Waals surface area contributed by atoms with Crippen LogP contribution in [0, 0.1) is 0 Å². The molecule has 0 spiro atoms. The van der Waals surface area contributed by atoms with E-state index >= 15 is 0 Å². The predicted molar refractivity (Wildman–Crippen MR) is 61.2 cm³/mol. The topological polar surface area (TPSA) is 26.3 Å². The molecule has 0 bridgehead atoms. The van der Waals surface area contributed by atoms with Crippen molar-refractivity contribution in [1.82, 2.24) is 0 Å². The summed E-state index contributed by atoms with van der Waals surface area (Å²) >= 11 is 0. The largest absolute Gasteiger partial charge is 0.466 e. The van der Waals surface area contributed by atoms with Crippen LogP contribution in [0.25, 0.3) is 6.08 Å². The lowest BCUT2D eigenvalue weighted by atomic mass is 10.1. The molecule has 15 heavy (non-hydrogen) atoms. The van der Waals surface area contributed by atoms with Crippen molar-refractivity contribution in [3.63, 3.8) is 0 Å². The van der Waals surface area contributed by atoms with Crippen molar-refractivity contribution in [3.05, 3.63) is 53.6 Å². The molecule has 0 amide bonds. The molecular weight excluding hydrogens is 188 g/mol. The first-order valence-corrected chi connectivity index (χ1v) is 4.72. The summed E-state index contributed by atoms with van der Waals surface area (Å²) in [5.41, 5.74) is 1.97. The second-order valence-corrected chi connectivity index (χ2v) is 3.16. The number of hydrogen-bond donors (Lipinski definition) is 0. The lowest BCUT2D eigenvalue weighted by molar-refractivity contribution is -0.134. The molecule has 2 heteroatoms. The highest BCUT2D eigenvalue weighted by Crippen LogP contribution is 2.04. The zero-order valence-electron chi connectivity index (χ0n) is 8.94. The molecule has 0 heterocycles. The van der Waals surface area contributed by atoms with Crippen LogP contribution in [0.2, 0.25) is 0 Å². The third-order valence-electron chi connectivity index (χ3n) is 1.88. The Balaban J connectivity index is 2.66. The van der Waals surface area contributed by atoms with Gasteiger partial charge in [-0.2, -0.15) is 0 Å². The molecule has 0 aliphatic rings. The number of carbonyl (C=O) groups is 1. The van der Waals surface area contributed by atoms with Gasteiger partial charge in [-0.25, -0.2) is 4.79 Å². The van der Waals surface area contributed by atoms with E-state index in [-0.39, 0.29) is 5.97 Å². The van der Waals surface area contributed by atoms with Gasteiger partial charge in [-0.1, -0.05) is 42.5 Å². The van der Waals surface area contributed by atoms with Crippen molar-refractivity contribution in [2.75, 3.05) is 7.11 Å². The Hall–Kier alpha value is -1.83. The monoisotopic (exact) mass is 202 g/mol. The van der Waals surface area contributed by atoms with Gasteiger partial charge in [-0.3, -0.25) is 0 Å². The lowest BCUT2D eigenvalue weighted by Crippen LogP contribution is -1.94. The van der Waals surface area contributed by atoms with Gasteiger partial charge in [-0.05, 0) is 18.1 Å². The molecule has 78 valence electrons. The smallest absolute Gasteiger partial charge is 0.330 e. The molecule has 0 radical (unpaired) electrons. The van der Waals surface area contributed by atoms with Crippen LogP contribution in [0.4, 0.5) is 0 Å². The minimum absolute atomic E-state index is 0.329. The minimum atomic E-state index is -0.329. The van der Waals surface area contributed by atoms with Gasteiger partial charge in [0.15, 0.2) is 0 Å². The van der Waals surface area contributed by atoms with Crippen LogP contribution in [0.15, 0.2) is 48.1 Å². The summed E-state index contributed by atoms with van der Waals surface area (Å²) in [7, 11) is 1.37. The van der Waals surface area contributed by atoms with E-state index in [1.54, 1.807) is 0 Å². The SMILES string of the molecule is COC(=O)/C=C(C)/C=C/c1ccccc1. The van der Waals surface area contributed by atoms with E-state index < -0.39 is 0 Å². The molecule has 0 aliphatic heterocycles. The number of hydrogen-bond acceptors (Lipinski definition) is 2. The predicted octanol–water partition coefficient (Wildman–Crippen LogP) is 2.82. The zero-order valence-corrected chi connectivity index (χ0v) is 8.94. The van der Waals surface area contributed by atoms with Crippen LogP contribution >= 0.6 is 0 Å². The molecule has 0 unspecified atom stereocenters. The van der Waals surface area contributed by atoms with E-state index in [2.05, 4.69) is 4.74 Å². The van der Waals surface area contributed by atoms with Crippen molar-refractivity contribution in [1.29, 1.82) is 0 Å². The Kier molecular flexibility index (Phi) is 4.35. The first-order valence-electron chi connectivity index (χ1n) is 4.72. The molecule has 0 atom stereocenters. The van der Waals surface area contributed by atoms with Gasteiger partial charge in [0, 0.05) is 6.08 Å². The van der Waals surface area contributed by atoms with E-state index in [1.165, 1.54) is 13.2 Å². The molecule has 0 aliphatic carbocycles. The molecule has 0 N–H and O–H groups in total. The molecule has 1 aromatic carbocycles. The average molecular weight is 202 g/mol. The number of rotatable bonds is 3. The maximum atomic E-state index is 10.9. The highest BCUT2D eigenvalue weighted by molar-refractivity contribution is 5.83. The number of methoxy groups -OCH3 is 1. The molecule has 2 nitrogen and oxygen atoms in total. The summed E-state index contributed by atoms with van der Waals surface area (Å²) in [5, 5.41) is 0. The van der Waals surface area contributed by atoms with E-state index in [1.807, 2.05) is 49.4 Å². The average Bonchev–Trinajstić information content (AvgIpc) is 2.27. The van der Waals surface area contributed by atoms with E-state index in [9.17, 15) is 4.79 Å². The zero-order chi connectivity index (χ0) is 11.1. The third-order valence-corrected chi connectivity index (χ3v) is 1.88. The van der Waals surface area contributed by atoms with E-state index in [0.29, 0.717) is 0 Å². The second-order valence-electron chi connectivity index (χ2n) is 3.16. The number of allylic oxidation sites excluding steroid dienone is 2. The van der Waals surface area contributed by atoms with E-state index in [0.717, 1.165) is 11.1 Å². The van der Waals surface area contributed by atoms with Gasteiger partial charge in [-0.15, -0.1) is 0 Å². The number of benzene rings is 1. The fraction of sp³-hybridized carbons (Fsp3) is 0.154. The fourth-order valence-electron chi connectivity index (χ4n) is 1.08. The van der Waals surface area contributed by atoms with Crippen LogP contribution in [0.3, 0.4) is 0 Å². The Morgan fingerprint density at radius 3 is 2.53 bits per heavy atom. The van der Waals surface area contributed by atoms with Crippen molar-refractivity contribution < 1.29 is 9.53 Å². The summed E-state index contributed by atoms with van der Waals surface area (Å²) < 4.78 is 4.52. The lowest BCUT2D eigenvalue weighted by Gasteiger charge is -1.94. The molecule has 0 fully saturated rings. The van der Waals surface area contributed by atoms with Crippen molar-refractivity contribution in [2.24, 2.45) is 0 Å². The van der Waals surface area contributed by atoms with Crippen molar-refractivity contribution >= 4 is 12.0 Å². The standard InChI is InChI=1S/C13H14O2/c1-11(10-13(14)15-2)8-9-12-6-4-3-5-7-12/h3-10H,1-2H3/b9-8+,11-10+. The maximum Gasteiger partial charge on any atom is 0.330 e. The highest BCUT2D eigenvalue weighted by Gasteiger charge is 1.92. The van der Waals surface area contributed by atoms with Crippen LogP contribution in [-0.4, -0.2) is 13.1 Å². The third kappa shape index (κ3) is 4.27. The minimum Gasteiger partial charge on any atom is -0.466 e. The molecule has 1 aromatic rings. The summed E-state index contributed by atoms with van der Waals surface area (Å²) in [4.78, 5) is 10.9. The molecule has 1 rings (SSSR count). The first-order chi connectivity index (χ1) is 7.22. The molecule has 0 saturated heterocycles. The maximum absolute atomic E-state index is 10.9. The van der Waals surface area contributed by atoms with Gasteiger partial charge in [0.05, 0.1) is 7.11 Å². The van der Waals surface area contributed by atoms with Crippen LogP contribution in [0.5, 0.6) is 0 Å². The van der Waals surface area contributed by atoms with Gasteiger partial charge >= 0.3 is 5.97 Å². The normalized spacial score (nSPS) is 11.7. The molecule has 0 saturated carbocycles. The van der Waals surface area contributed by atoms with Gasteiger partial charge < -0.3 is 4.74 Å². The second kappa shape index (κ2) is 5.81. The van der Waals surface area contributed by atoms with Gasteiger partial charge in [0.1, 0.15) is 0 Å². The quantitative estimate of drug-likeness (QED) is 0.428. The summed E-state index contributed by atoms with van der Waals surface area (Å²) in [6.45, 7) is 1.86. The first kappa shape index (κ1) is 11.2. The van der Waals surface area contributed by atoms with E-state index in [4.69, 9.17) is 0 Å². The van der Waals surface area contributed by atoms with Crippen LogP contribution in [0.1, 0.15) is 12.5 Å². The van der Waals surface area contributed by atoms with Crippen molar-refractivity contribution in [2.45, 2.75) is 6.92 Å². The number of ether oxygens (including phenoxy) is 1. The fourth-order valence-corrected chi connectivity index (χ4v) is 1.08.